The Hall–Kier alpha value is -2.43. The van der Waals surface area contributed by atoms with Crippen molar-refractivity contribution in [1.29, 1.82) is 0 Å². The predicted octanol–water partition coefficient (Wildman–Crippen LogP) is 2.52. The van der Waals surface area contributed by atoms with Crippen LogP contribution < -0.4 is 20.8 Å². The maximum atomic E-state index is 12.3. The van der Waals surface area contributed by atoms with E-state index in [2.05, 4.69) is 0 Å². The SMILES string of the molecule is CCCn1c(-c2cc(OC)ccc2OC)ccc(N)c1=O. The summed E-state index contributed by atoms with van der Waals surface area (Å²) in [6, 6.07) is 8.97. The summed E-state index contributed by atoms with van der Waals surface area (Å²) in [6.45, 7) is 2.61. The van der Waals surface area contributed by atoms with Gasteiger partial charge in [-0.2, -0.15) is 0 Å². The van der Waals surface area contributed by atoms with Gasteiger partial charge in [0.15, 0.2) is 0 Å². The zero-order chi connectivity index (χ0) is 15.4. The second-order valence-corrected chi connectivity index (χ2v) is 4.70. The molecule has 0 atom stereocenters. The molecule has 0 spiro atoms. The van der Waals surface area contributed by atoms with Crippen LogP contribution in [0.2, 0.25) is 0 Å². The largest absolute Gasteiger partial charge is 0.497 e. The van der Waals surface area contributed by atoms with E-state index in [4.69, 9.17) is 15.2 Å². The highest BCUT2D eigenvalue weighted by Gasteiger charge is 2.13. The summed E-state index contributed by atoms with van der Waals surface area (Å²) in [4.78, 5) is 12.3. The van der Waals surface area contributed by atoms with Crippen LogP contribution in [0.15, 0.2) is 35.1 Å². The number of rotatable bonds is 5. The molecule has 5 nitrogen and oxygen atoms in total. The standard InChI is InChI=1S/C16H20N2O3/c1-4-9-18-14(7-6-13(17)16(18)19)12-10-11(20-2)5-8-15(12)21-3/h5-8,10H,4,9,17H2,1-3H3. The van der Waals surface area contributed by atoms with Crippen molar-refractivity contribution in [3.63, 3.8) is 0 Å². The van der Waals surface area contributed by atoms with Gasteiger partial charge in [0.05, 0.1) is 25.6 Å². The molecule has 112 valence electrons. The molecular formula is C16H20N2O3. The highest BCUT2D eigenvalue weighted by Crippen LogP contribution is 2.33. The van der Waals surface area contributed by atoms with E-state index in [1.165, 1.54) is 0 Å². The Kier molecular flexibility index (Phi) is 4.52. The lowest BCUT2D eigenvalue weighted by molar-refractivity contribution is 0.404. The Morgan fingerprint density at radius 3 is 2.52 bits per heavy atom. The lowest BCUT2D eigenvalue weighted by Gasteiger charge is -2.16. The molecule has 2 aromatic rings. The maximum absolute atomic E-state index is 12.3. The Morgan fingerprint density at radius 1 is 1.14 bits per heavy atom. The van der Waals surface area contributed by atoms with Crippen LogP contribution in [0.1, 0.15) is 13.3 Å². The molecule has 1 heterocycles. The normalized spacial score (nSPS) is 10.4. The third-order valence-corrected chi connectivity index (χ3v) is 3.33. The lowest BCUT2D eigenvalue weighted by Crippen LogP contribution is -2.24. The van der Waals surface area contributed by atoms with Gasteiger partial charge in [-0.25, -0.2) is 0 Å². The molecule has 0 aliphatic heterocycles. The third-order valence-electron chi connectivity index (χ3n) is 3.33. The van der Waals surface area contributed by atoms with E-state index in [-0.39, 0.29) is 11.2 Å². The second-order valence-electron chi connectivity index (χ2n) is 4.70. The summed E-state index contributed by atoms with van der Waals surface area (Å²) in [6.07, 6.45) is 0.836. The third kappa shape index (κ3) is 2.86. The molecule has 0 bridgehead atoms. The average Bonchev–Trinajstić information content (AvgIpc) is 2.51. The van der Waals surface area contributed by atoms with Crippen molar-refractivity contribution < 1.29 is 9.47 Å². The molecule has 0 radical (unpaired) electrons. The number of nitrogen functional groups attached to an aromatic ring is 1. The minimum Gasteiger partial charge on any atom is -0.497 e. The summed E-state index contributed by atoms with van der Waals surface area (Å²) in [5.41, 5.74) is 7.38. The molecule has 5 heteroatoms. The fourth-order valence-corrected chi connectivity index (χ4v) is 2.29. The monoisotopic (exact) mass is 288 g/mol. The molecule has 1 aromatic carbocycles. The molecule has 0 aliphatic rings. The van der Waals surface area contributed by atoms with Crippen LogP contribution in [0, 0.1) is 0 Å². The van der Waals surface area contributed by atoms with Crippen LogP contribution in [0.5, 0.6) is 11.5 Å². The number of hydrogen-bond donors (Lipinski definition) is 1. The van der Waals surface area contributed by atoms with Gasteiger partial charge in [-0.05, 0) is 36.8 Å². The molecule has 0 saturated carbocycles. The van der Waals surface area contributed by atoms with E-state index in [1.807, 2.05) is 31.2 Å². The van der Waals surface area contributed by atoms with Crippen LogP contribution >= 0.6 is 0 Å². The summed E-state index contributed by atoms with van der Waals surface area (Å²) >= 11 is 0. The average molecular weight is 288 g/mol. The number of nitrogens with zero attached hydrogens (tertiary/aromatic N) is 1. The van der Waals surface area contributed by atoms with Gasteiger partial charge >= 0.3 is 0 Å². The maximum Gasteiger partial charge on any atom is 0.274 e. The van der Waals surface area contributed by atoms with Crippen LogP contribution in [-0.2, 0) is 6.54 Å². The van der Waals surface area contributed by atoms with Gasteiger partial charge in [0, 0.05) is 12.1 Å². The van der Waals surface area contributed by atoms with Crippen molar-refractivity contribution >= 4 is 5.69 Å². The number of ether oxygens (including phenoxy) is 2. The molecule has 0 fully saturated rings. The van der Waals surface area contributed by atoms with Crippen LogP contribution in [0.3, 0.4) is 0 Å². The molecule has 0 unspecified atom stereocenters. The van der Waals surface area contributed by atoms with Crippen molar-refractivity contribution in [3.05, 3.63) is 40.7 Å². The first-order valence-electron chi connectivity index (χ1n) is 6.84. The Balaban J connectivity index is 2.71. The quantitative estimate of drug-likeness (QED) is 0.918. The first-order chi connectivity index (χ1) is 10.1. The summed E-state index contributed by atoms with van der Waals surface area (Å²) in [7, 11) is 3.21. The Labute approximate surface area is 123 Å². The number of aromatic nitrogens is 1. The number of benzene rings is 1. The number of anilines is 1. The molecule has 1 aromatic heterocycles. The van der Waals surface area contributed by atoms with E-state index >= 15 is 0 Å². The highest BCUT2D eigenvalue weighted by atomic mass is 16.5. The van der Waals surface area contributed by atoms with Crippen molar-refractivity contribution in [1.82, 2.24) is 4.57 Å². The van der Waals surface area contributed by atoms with Gasteiger partial charge < -0.3 is 19.8 Å². The van der Waals surface area contributed by atoms with Crippen molar-refractivity contribution in [2.75, 3.05) is 20.0 Å². The van der Waals surface area contributed by atoms with Crippen LogP contribution in [-0.4, -0.2) is 18.8 Å². The molecule has 0 saturated heterocycles. The number of hydrogen-bond acceptors (Lipinski definition) is 4. The second kappa shape index (κ2) is 6.35. The van der Waals surface area contributed by atoms with E-state index in [9.17, 15) is 4.79 Å². The zero-order valence-corrected chi connectivity index (χ0v) is 12.6. The molecule has 0 amide bonds. The Bertz CT molecular complexity index is 692. The molecule has 21 heavy (non-hydrogen) atoms. The van der Waals surface area contributed by atoms with Crippen molar-refractivity contribution in [2.45, 2.75) is 19.9 Å². The molecular weight excluding hydrogens is 268 g/mol. The van der Waals surface area contributed by atoms with Crippen molar-refractivity contribution in [3.8, 4) is 22.8 Å². The highest BCUT2D eigenvalue weighted by molar-refractivity contribution is 5.70. The fraction of sp³-hybridized carbons (Fsp3) is 0.312. The Morgan fingerprint density at radius 2 is 1.90 bits per heavy atom. The first kappa shape index (κ1) is 15.0. The summed E-state index contributed by atoms with van der Waals surface area (Å²) in [5, 5.41) is 0. The smallest absolute Gasteiger partial charge is 0.274 e. The number of pyridine rings is 1. The zero-order valence-electron chi connectivity index (χ0n) is 12.6. The molecule has 2 rings (SSSR count). The van der Waals surface area contributed by atoms with E-state index in [0.717, 1.165) is 17.7 Å². The number of nitrogens with two attached hydrogens (primary N) is 1. The summed E-state index contributed by atoms with van der Waals surface area (Å²) < 4.78 is 12.3. The van der Waals surface area contributed by atoms with Crippen LogP contribution in [0.25, 0.3) is 11.3 Å². The first-order valence-corrected chi connectivity index (χ1v) is 6.84. The van der Waals surface area contributed by atoms with E-state index in [1.54, 1.807) is 24.9 Å². The molecule has 0 aliphatic carbocycles. The van der Waals surface area contributed by atoms with Crippen LogP contribution in [0.4, 0.5) is 5.69 Å². The van der Waals surface area contributed by atoms with Crippen molar-refractivity contribution in [2.24, 2.45) is 0 Å². The van der Waals surface area contributed by atoms with Gasteiger partial charge in [-0.15, -0.1) is 0 Å². The minimum atomic E-state index is -0.181. The summed E-state index contributed by atoms with van der Waals surface area (Å²) in [5.74, 6) is 1.39. The lowest BCUT2D eigenvalue weighted by atomic mass is 10.1. The minimum absolute atomic E-state index is 0.181. The molecule has 2 N–H and O–H groups in total. The topological polar surface area (TPSA) is 66.5 Å². The van der Waals surface area contributed by atoms with E-state index in [0.29, 0.717) is 18.0 Å². The van der Waals surface area contributed by atoms with Gasteiger partial charge in [-0.1, -0.05) is 6.92 Å². The number of methoxy groups -OCH3 is 2. The van der Waals surface area contributed by atoms with Gasteiger partial charge in [0.1, 0.15) is 11.5 Å². The van der Waals surface area contributed by atoms with Gasteiger partial charge in [0.25, 0.3) is 5.56 Å². The van der Waals surface area contributed by atoms with Gasteiger partial charge in [-0.3, -0.25) is 4.79 Å². The predicted molar refractivity (Wildman–Crippen MR) is 83.9 cm³/mol. The van der Waals surface area contributed by atoms with Gasteiger partial charge in [0.2, 0.25) is 0 Å². The fourth-order valence-electron chi connectivity index (χ4n) is 2.29. The van der Waals surface area contributed by atoms with E-state index < -0.39 is 0 Å².